The van der Waals surface area contributed by atoms with E-state index in [1.54, 1.807) is 23.0 Å². The fourth-order valence-electron chi connectivity index (χ4n) is 6.44. The second-order valence-electron chi connectivity index (χ2n) is 11.4. The number of allylic oxidation sites excluding steroid dienone is 2. The second kappa shape index (κ2) is 12.3. The molecule has 6 rings (SSSR count). The first-order valence-electron chi connectivity index (χ1n) is 15.2. The molecule has 44 heavy (non-hydrogen) atoms. The average molecular weight is 589 g/mol. The van der Waals surface area contributed by atoms with Gasteiger partial charge in [0.15, 0.2) is 0 Å². The van der Waals surface area contributed by atoms with Crippen LogP contribution in [0.25, 0.3) is 44.2 Å². The molecule has 2 aromatic heterocycles. The molecule has 0 aliphatic heterocycles. The topological polar surface area (TPSA) is 120 Å². The van der Waals surface area contributed by atoms with Crippen LogP contribution in [0.5, 0.6) is 0 Å². The maximum Gasteiger partial charge on any atom is 0.305 e. The lowest BCUT2D eigenvalue weighted by atomic mass is 9.93. The lowest BCUT2D eigenvalue weighted by Gasteiger charge is -2.15. The number of para-hydroxylation sites is 1. The van der Waals surface area contributed by atoms with Crippen LogP contribution in [-0.4, -0.2) is 33.0 Å². The van der Waals surface area contributed by atoms with E-state index in [-0.39, 0.29) is 11.5 Å². The van der Waals surface area contributed by atoms with Gasteiger partial charge in [-0.15, -0.1) is 0 Å². The van der Waals surface area contributed by atoms with Crippen molar-refractivity contribution in [2.24, 2.45) is 11.7 Å². The first kappa shape index (κ1) is 29.1. The molecule has 0 saturated heterocycles. The normalized spacial score (nSPS) is 15.2. The molecule has 0 radical (unpaired) electrons. The van der Waals surface area contributed by atoms with Crippen LogP contribution in [0.15, 0.2) is 77.9 Å². The van der Waals surface area contributed by atoms with Gasteiger partial charge >= 0.3 is 5.97 Å². The third-order valence-electron chi connectivity index (χ3n) is 8.78. The Morgan fingerprint density at radius 3 is 2.70 bits per heavy atom. The smallest absolute Gasteiger partial charge is 0.305 e. The van der Waals surface area contributed by atoms with Crippen molar-refractivity contribution in [3.8, 4) is 16.8 Å². The third kappa shape index (κ3) is 5.55. The monoisotopic (exact) mass is 588 g/mol. The van der Waals surface area contributed by atoms with Gasteiger partial charge in [-0.2, -0.15) is 0 Å². The number of nitrogens with zero attached hydrogens (tertiary/aromatic N) is 2. The molecular formula is C36H36N4O4. The Labute approximate surface area is 255 Å². The van der Waals surface area contributed by atoms with Crippen molar-refractivity contribution >= 4 is 39.3 Å². The van der Waals surface area contributed by atoms with Crippen LogP contribution in [-0.2, 0) is 9.53 Å². The number of amides is 1. The van der Waals surface area contributed by atoms with Gasteiger partial charge in [0.1, 0.15) is 6.33 Å². The van der Waals surface area contributed by atoms with Crippen LogP contribution in [0.2, 0.25) is 0 Å². The molecule has 1 amide bonds. The number of primary amides is 1. The minimum Gasteiger partial charge on any atom is -0.466 e. The number of aromatic nitrogens is 3. The molecule has 1 unspecified atom stereocenters. The van der Waals surface area contributed by atoms with Gasteiger partial charge in [0, 0.05) is 17.5 Å². The van der Waals surface area contributed by atoms with Crippen LogP contribution < -0.4 is 11.3 Å². The zero-order chi connectivity index (χ0) is 30.8. The Kier molecular flexibility index (Phi) is 8.15. The van der Waals surface area contributed by atoms with Gasteiger partial charge in [-0.1, -0.05) is 36.4 Å². The van der Waals surface area contributed by atoms with E-state index in [2.05, 4.69) is 22.1 Å². The zero-order valence-electron chi connectivity index (χ0n) is 25.1. The van der Waals surface area contributed by atoms with Gasteiger partial charge in [-0.3, -0.25) is 19.0 Å². The van der Waals surface area contributed by atoms with Gasteiger partial charge in [-0.25, -0.2) is 4.98 Å². The van der Waals surface area contributed by atoms with Crippen LogP contribution in [0.4, 0.5) is 0 Å². The molecule has 0 saturated carbocycles. The van der Waals surface area contributed by atoms with E-state index in [4.69, 9.17) is 10.5 Å². The van der Waals surface area contributed by atoms with Crippen LogP contribution in [0.3, 0.4) is 0 Å². The van der Waals surface area contributed by atoms with Crippen LogP contribution >= 0.6 is 0 Å². The van der Waals surface area contributed by atoms with Crippen molar-refractivity contribution in [2.45, 2.75) is 52.4 Å². The molecule has 3 aromatic carbocycles. The number of fused-ring (bicyclic) bond motifs is 2. The maximum atomic E-state index is 13.4. The van der Waals surface area contributed by atoms with E-state index in [9.17, 15) is 14.4 Å². The number of nitrogens with one attached hydrogen (secondary N) is 1. The number of ether oxygens (including phenoxy) is 1. The van der Waals surface area contributed by atoms with Crippen molar-refractivity contribution in [2.75, 3.05) is 6.61 Å². The largest absolute Gasteiger partial charge is 0.466 e. The molecule has 1 aliphatic carbocycles. The highest BCUT2D eigenvalue weighted by Gasteiger charge is 2.21. The summed E-state index contributed by atoms with van der Waals surface area (Å²) in [4.78, 5) is 45.8. The molecule has 0 bridgehead atoms. The number of hydrogen-bond acceptors (Lipinski definition) is 5. The average Bonchev–Trinajstić information content (AvgIpc) is 3.33. The molecule has 3 N–H and O–H groups in total. The van der Waals surface area contributed by atoms with E-state index >= 15 is 0 Å². The fourth-order valence-corrected chi connectivity index (χ4v) is 6.44. The summed E-state index contributed by atoms with van der Waals surface area (Å²) in [7, 11) is 0. The molecule has 8 heteroatoms. The summed E-state index contributed by atoms with van der Waals surface area (Å²) in [5, 5.41) is 1.45. The quantitative estimate of drug-likeness (QED) is 0.192. The molecule has 2 heterocycles. The number of benzene rings is 3. The zero-order valence-corrected chi connectivity index (χ0v) is 25.1. The summed E-state index contributed by atoms with van der Waals surface area (Å²) < 4.78 is 6.71. The van der Waals surface area contributed by atoms with Gasteiger partial charge < -0.3 is 15.5 Å². The van der Waals surface area contributed by atoms with E-state index in [0.717, 1.165) is 65.6 Å². The Morgan fingerprint density at radius 2 is 1.89 bits per heavy atom. The van der Waals surface area contributed by atoms with Gasteiger partial charge in [-0.05, 0) is 104 Å². The Bertz CT molecular complexity index is 1980. The highest BCUT2D eigenvalue weighted by molar-refractivity contribution is 6.10. The van der Waals surface area contributed by atoms with E-state index < -0.39 is 5.91 Å². The molecule has 0 fully saturated rings. The predicted molar refractivity (Wildman–Crippen MR) is 174 cm³/mol. The summed E-state index contributed by atoms with van der Waals surface area (Å²) in [6.45, 7) is 4.24. The van der Waals surface area contributed by atoms with E-state index in [1.165, 1.54) is 5.57 Å². The lowest BCUT2D eigenvalue weighted by molar-refractivity contribution is -0.143. The Balaban J connectivity index is 1.37. The SMILES string of the molecule is CCOC(=O)CCC1CCC=C(c2cc3c(-c4cccc(-n5cnc6ccccc6c5=O)c4C)ccc(C(N)=O)c3[nH]2)CC1. The van der Waals surface area contributed by atoms with E-state index in [0.29, 0.717) is 40.9 Å². The molecule has 1 aliphatic rings. The molecule has 0 spiro atoms. The highest BCUT2D eigenvalue weighted by Crippen LogP contribution is 2.38. The molecule has 224 valence electrons. The summed E-state index contributed by atoms with van der Waals surface area (Å²) >= 11 is 0. The number of nitrogens with two attached hydrogens (primary N) is 1. The van der Waals surface area contributed by atoms with Gasteiger partial charge in [0.2, 0.25) is 0 Å². The molecule has 1 atom stereocenters. The molecule has 8 nitrogen and oxygen atoms in total. The molecule has 5 aromatic rings. The van der Waals surface area contributed by atoms with Crippen molar-refractivity contribution in [3.05, 3.63) is 100 Å². The summed E-state index contributed by atoms with van der Waals surface area (Å²) in [6, 6.07) is 19.0. The summed E-state index contributed by atoms with van der Waals surface area (Å²) in [5.41, 5.74) is 13.2. The number of carbonyl (C=O) groups excluding carboxylic acids is 2. The van der Waals surface area contributed by atoms with Crippen molar-refractivity contribution in [1.29, 1.82) is 0 Å². The second-order valence-corrected chi connectivity index (χ2v) is 11.4. The first-order valence-corrected chi connectivity index (χ1v) is 15.2. The fraction of sp³-hybridized carbons (Fsp3) is 0.278. The van der Waals surface area contributed by atoms with Gasteiger partial charge in [0.05, 0.1) is 34.3 Å². The highest BCUT2D eigenvalue weighted by atomic mass is 16.5. The van der Waals surface area contributed by atoms with Crippen LogP contribution in [0.1, 0.15) is 67.1 Å². The van der Waals surface area contributed by atoms with E-state index in [1.807, 2.05) is 56.3 Å². The van der Waals surface area contributed by atoms with Gasteiger partial charge in [0.25, 0.3) is 11.5 Å². The summed E-state index contributed by atoms with van der Waals surface area (Å²) in [5.74, 6) is -0.177. The van der Waals surface area contributed by atoms with Crippen molar-refractivity contribution in [3.63, 3.8) is 0 Å². The minimum atomic E-state index is -0.497. The third-order valence-corrected chi connectivity index (χ3v) is 8.78. The Morgan fingerprint density at radius 1 is 1.05 bits per heavy atom. The first-order chi connectivity index (χ1) is 21.4. The van der Waals surface area contributed by atoms with Crippen LogP contribution in [0, 0.1) is 12.8 Å². The Hall–Kier alpha value is -4.98. The number of carbonyl (C=O) groups is 2. The number of H-pyrrole nitrogens is 1. The van der Waals surface area contributed by atoms with Crippen molar-refractivity contribution in [1.82, 2.24) is 14.5 Å². The summed E-state index contributed by atoms with van der Waals surface area (Å²) in [6.07, 6.45) is 8.91. The molecular weight excluding hydrogens is 552 g/mol. The number of esters is 1. The minimum absolute atomic E-state index is 0.130. The maximum absolute atomic E-state index is 13.4. The number of aromatic amines is 1. The predicted octanol–water partition coefficient (Wildman–Crippen LogP) is 6.86. The lowest BCUT2D eigenvalue weighted by Crippen LogP contribution is -2.19. The number of hydrogen-bond donors (Lipinski definition) is 2. The standard InChI is InChI=1S/C36H36N4O4/c1-3-44-33(41)19-15-23-8-6-9-24(16-14-23)31-20-29-26(17-18-28(35(37)42)34(29)39-31)25-11-7-13-32(22(25)2)40-21-38-30-12-5-4-10-27(30)36(40)43/h4-5,7,9-13,17-18,20-21,23,39H,3,6,8,14-16,19H2,1-2H3,(H2,37,42). The van der Waals surface area contributed by atoms with Crippen molar-refractivity contribution < 1.29 is 14.3 Å². The number of rotatable bonds is 8.